The van der Waals surface area contributed by atoms with Gasteiger partial charge in [-0.1, -0.05) is 6.07 Å². The van der Waals surface area contributed by atoms with Gasteiger partial charge in [0, 0.05) is 6.54 Å². The first-order valence-electron chi connectivity index (χ1n) is 5.50. The van der Waals surface area contributed by atoms with Gasteiger partial charge in [-0.25, -0.2) is 4.79 Å². The summed E-state index contributed by atoms with van der Waals surface area (Å²) in [5.74, 6) is -1.03. The number of nitrogens with zero attached hydrogens (tertiary/aromatic N) is 1. The molecule has 1 amide bonds. The summed E-state index contributed by atoms with van der Waals surface area (Å²) in [6.07, 6.45) is 0. The molecule has 0 saturated heterocycles. The molecule has 1 atom stereocenters. The molecule has 0 bridgehead atoms. The number of anilines is 2. The highest BCUT2D eigenvalue weighted by Gasteiger charge is 2.30. The minimum atomic E-state index is -0.994. The zero-order valence-corrected chi connectivity index (χ0v) is 9.73. The number of carbonyl (C=O) groups is 2. The van der Waals surface area contributed by atoms with Crippen molar-refractivity contribution in [2.75, 3.05) is 16.8 Å². The lowest BCUT2D eigenvalue weighted by Gasteiger charge is -2.33. The number of benzene rings is 1. The molecule has 1 aliphatic rings. The van der Waals surface area contributed by atoms with Crippen LogP contribution < -0.4 is 10.2 Å². The predicted molar refractivity (Wildman–Crippen MR) is 64.5 cm³/mol. The van der Waals surface area contributed by atoms with Gasteiger partial charge in [0.1, 0.15) is 6.04 Å². The van der Waals surface area contributed by atoms with E-state index in [1.165, 1.54) is 6.07 Å². The van der Waals surface area contributed by atoms with Crippen molar-refractivity contribution in [1.29, 1.82) is 0 Å². The Morgan fingerprint density at radius 1 is 1.53 bits per heavy atom. The number of carboxylic acid groups (broad SMARTS) is 1. The Bertz CT molecular complexity index is 485. The standard InChI is InChI=1S/C12H14N2O3/c1-3-14-9-6-4-5-8(12(16)17)10(9)13-7(2)11(14)15/h4-7,13H,3H2,1-2H3,(H,16,17). The summed E-state index contributed by atoms with van der Waals surface area (Å²) in [6, 6.07) is 4.53. The Morgan fingerprint density at radius 3 is 2.82 bits per heavy atom. The number of fused-ring (bicyclic) bond motifs is 1. The van der Waals surface area contributed by atoms with Crippen LogP contribution in [-0.4, -0.2) is 29.6 Å². The van der Waals surface area contributed by atoms with Crippen molar-refractivity contribution in [1.82, 2.24) is 0 Å². The fraction of sp³-hybridized carbons (Fsp3) is 0.333. The summed E-state index contributed by atoms with van der Waals surface area (Å²) in [7, 11) is 0. The molecule has 0 spiro atoms. The largest absolute Gasteiger partial charge is 0.478 e. The van der Waals surface area contributed by atoms with E-state index in [1.807, 2.05) is 6.92 Å². The molecule has 0 aromatic heterocycles. The van der Waals surface area contributed by atoms with Crippen LogP contribution in [0.25, 0.3) is 0 Å². The van der Waals surface area contributed by atoms with Crippen molar-refractivity contribution in [3.8, 4) is 0 Å². The van der Waals surface area contributed by atoms with Crippen molar-refractivity contribution < 1.29 is 14.7 Å². The SMILES string of the molecule is CCN1C(=O)C(C)Nc2c(C(=O)O)cccc21. The van der Waals surface area contributed by atoms with Crippen LogP contribution in [0.2, 0.25) is 0 Å². The van der Waals surface area contributed by atoms with E-state index in [2.05, 4.69) is 5.32 Å². The van der Waals surface area contributed by atoms with Gasteiger partial charge in [-0.05, 0) is 26.0 Å². The Hall–Kier alpha value is -2.04. The molecular weight excluding hydrogens is 220 g/mol. The number of likely N-dealkylation sites (N-methyl/N-ethyl adjacent to an activating group) is 1. The topological polar surface area (TPSA) is 69.6 Å². The first-order chi connectivity index (χ1) is 8.06. The van der Waals surface area contributed by atoms with Crippen LogP contribution in [0.15, 0.2) is 18.2 Å². The lowest BCUT2D eigenvalue weighted by atomic mass is 10.1. The minimum Gasteiger partial charge on any atom is -0.478 e. The molecule has 0 saturated carbocycles. The van der Waals surface area contributed by atoms with Gasteiger partial charge in [0.2, 0.25) is 5.91 Å². The molecule has 0 fully saturated rings. The van der Waals surface area contributed by atoms with Crippen molar-refractivity contribution in [2.45, 2.75) is 19.9 Å². The molecule has 1 unspecified atom stereocenters. The maximum Gasteiger partial charge on any atom is 0.337 e. The number of aromatic carboxylic acids is 1. The second kappa shape index (κ2) is 4.08. The molecule has 1 aliphatic heterocycles. The van der Waals surface area contributed by atoms with E-state index in [1.54, 1.807) is 24.0 Å². The minimum absolute atomic E-state index is 0.0393. The fourth-order valence-electron chi connectivity index (χ4n) is 2.05. The summed E-state index contributed by atoms with van der Waals surface area (Å²) < 4.78 is 0. The van der Waals surface area contributed by atoms with Crippen LogP contribution in [0, 0.1) is 0 Å². The van der Waals surface area contributed by atoms with Crippen LogP contribution in [0.3, 0.4) is 0 Å². The van der Waals surface area contributed by atoms with Gasteiger partial charge in [0.15, 0.2) is 0 Å². The van der Waals surface area contributed by atoms with E-state index >= 15 is 0 Å². The Morgan fingerprint density at radius 2 is 2.24 bits per heavy atom. The molecular formula is C12H14N2O3. The van der Waals surface area contributed by atoms with Crippen LogP contribution >= 0.6 is 0 Å². The Labute approximate surface area is 99.0 Å². The van der Waals surface area contributed by atoms with Gasteiger partial charge in [-0.3, -0.25) is 4.79 Å². The first kappa shape index (κ1) is 11.4. The van der Waals surface area contributed by atoms with E-state index in [9.17, 15) is 9.59 Å². The molecule has 0 radical (unpaired) electrons. The van der Waals surface area contributed by atoms with Gasteiger partial charge in [0.25, 0.3) is 0 Å². The normalized spacial score (nSPS) is 18.6. The van der Waals surface area contributed by atoms with Gasteiger partial charge in [0.05, 0.1) is 16.9 Å². The molecule has 5 nitrogen and oxygen atoms in total. The van der Waals surface area contributed by atoms with Crippen LogP contribution in [0.4, 0.5) is 11.4 Å². The van der Waals surface area contributed by atoms with Crippen LogP contribution in [0.5, 0.6) is 0 Å². The maximum absolute atomic E-state index is 11.9. The number of hydrogen-bond acceptors (Lipinski definition) is 3. The molecule has 1 heterocycles. The number of carboxylic acids is 1. The second-order valence-corrected chi connectivity index (χ2v) is 3.95. The van der Waals surface area contributed by atoms with E-state index in [-0.39, 0.29) is 11.5 Å². The molecule has 90 valence electrons. The van der Waals surface area contributed by atoms with Crippen molar-refractivity contribution in [3.63, 3.8) is 0 Å². The summed E-state index contributed by atoms with van der Waals surface area (Å²) in [6.45, 7) is 4.13. The molecule has 17 heavy (non-hydrogen) atoms. The first-order valence-corrected chi connectivity index (χ1v) is 5.50. The summed E-state index contributed by atoms with van der Waals surface area (Å²) in [5.41, 5.74) is 1.35. The molecule has 2 rings (SSSR count). The second-order valence-electron chi connectivity index (χ2n) is 3.95. The lowest BCUT2D eigenvalue weighted by molar-refractivity contribution is -0.119. The Balaban J connectivity index is 2.60. The van der Waals surface area contributed by atoms with Crippen LogP contribution in [-0.2, 0) is 4.79 Å². The summed E-state index contributed by atoms with van der Waals surface area (Å²) in [4.78, 5) is 24.6. The third-order valence-corrected chi connectivity index (χ3v) is 2.88. The molecule has 1 aromatic rings. The highest BCUT2D eigenvalue weighted by molar-refractivity contribution is 6.09. The van der Waals surface area contributed by atoms with Gasteiger partial charge >= 0.3 is 5.97 Å². The van der Waals surface area contributed by atoms with E-state index in [0.717, 1.165) is 0 Å². The smallest absolute Gasteiger partial charge is 0.337 e. The molecule has 5 heteroatoms. The van der Waals surface area contributed by atoms with Crippen molar-refractivity contribution in [3.05, 3.63) is 23.8 Å². The predicted octanol–water partition coefficient (Wildman–Crippen LogP) is 1.55. The fourth-order valence-corrected chi connectivity index (χ4v) is 2.05. The zero-order chi connectivity index (χ0) is 12.6. The summed E-state index contributed by atoms with van der Waals surface area (Å²) in [5, 5.41) is 12.1. The molecule has 0 aliphatic carbocycles. The number of rotatable bonds is 2. The number of hydrogen-bond donors (Lipinski definition) is 2. The third kappa shape index (κ3) is 1.73. The van der Waals surface area contributed by atoms with Gasteiger partial charge in [-0.2, -0.15) is 0 Å². The van der Waals surface area contributed by atoms with E-state index in [4.69, 9.17) is 5.11 Å². The summed E-state index contributed by atoms with van der Waals surface area (Å²) >= 11 is 0. The van der Waals surface area contributed by atoms with Crippen molar-refractivity contribution in [2.24, 2.45) is 0 Å². The zero-order valence-electron chi connectivity index (χ0n) is 9.73. The number of carbonyl (C=O) groups excluding carboxylic acids is 1. The monoisotopic (exact) mass is 234 g/mol. The average molecular weight is 234 g/mol. The lowest BCUT2D eigenvalue weighted by Crippen LogP contribution is -2.46. The van der Waals surface area contributed by atoms with Crippen LogP contribution in [0.1, 0.15) is 24.2 Å². The quantitative estimate of drug-likeness (QED) is 0.814. The Kier molecular flexibility index (Phi) is 2.75. The average Bonchev–Trinajstić information content (AvgIpc) is 2.30. The molecule has 1 aromatic carbocycles. The number of amides is 1. The van der Waals surface area contributed by atoms with Crippen molar-refractivity contribution >= 4 is 23.3 Å². The highest BCUT2D eigenvalue weighted by Crippen LogP contribution is 2.34. The maximum atomic E-state index is 11.9. The van der Waals surface area contributed by atoms with Gasteiger partial charge < -0.3 is 15.3 Å². The third-order valence-electron chi connectivity index (χ3n) is 2.88. The van der Waals surface area contributed by atoms with E-state index in [0.29, 0.717) is 17.9 Å². The van der Waals surface area contributed by atoms with Gasteiger partial charge in [-0.15, -0.1) is 0 Å². The number of para-hydroxylation sites is 1. The van der Waals surface area contributed by atoms with E-state index < -0.39 is 12.0 Å². The molecule has 2 N–H and O–H groups in total. The highest BCUT2D eigenvalue weighted by atomic mass is 16.4. The number of nitrogens with one attached hydrogen (secondary N) is 1.